The maximum Gasteiger partial charge on any atom is -0.0139 e. The Kier molecular flexibility index (Phi) is 8.08. The van der Waals surface area contributed by atoms with Crippen LogP contribution in [-0.4, -0.2) is 0 Å². The molecule has 0 spiro atoms. The van der Waals surface area contributed by atoms with Crippen LogP contribution in [0.5, 0.6) is 0 Å². The van der Waals surface area contributed by atoms with E-state index in [0.29, 0.717) is 0 Å². The normalized spacial score (nSPS) is 11.9. The molecule has 15 heavy (non-hydrogen) atoms. The van der Waals surface area contributed by atoms with Gasteiger partial charge in [-0.3, -0.25) is 0 Å². The van der Waals surface area contributed by atoms with Crippen LogP contribution in [0.25, 0.3) is 0 Å². The van der Waals surface area contributed by atoms with Gasteiger partial charge < -0.3 is 0 Å². The Bertz CT molecular complexity index is 223. The van der Waals surface area contributed by atoms with Crippen molar-refractivity contribution in [3.63, 3.8) is 0 Å². The molecule has 0 nitrogen and oxygen atoms in total. The summed E-state index contributed by atoms with van der Waals surface area (Å²) in [6, 6.07) is 10.9. The molecule has 0 fully saturated rings. The molecule has 1 atom stereocenters. The van der Waals surface area contributed by atoms with Crippen LogP contribution in [0.3, 0.4) is 0 Å². The second kappa shape index (κ2) is 8.52. The summed E-state index contributed by atoms with van der Waals surface area (Å²) >= 11 is 0. The van der Waals surface area contributed by atoms with Crippen LogP contribution in [0.15, 0.2) is 30.3 Å². The van der Waals surface area contributed by atoms with Crippen LogP contribution >= 0.6 is 0 Å². The van der Waals surface area contributed by atoms with Crippen molar-refractivity contribution in [2.24, 2.45) is 5.92 Å². The van der Waals surface area contributed by atoms with E-state index in [2.05, 4.69) is 51.1 Å². The third-order valence-electron chi connectivity index (χ3n) is 2.63. The fourth-order valence-corrected chi connectivity index (χ4v) is 1.90. The molecule has 1 unspecified atom stereocenters. The predicted molar refractivity (Wildman–Crippen MR) is 70.3 cm³/mol. The SMILES string of the molecule is CC.CCCC(c1ccccc1)C(C)C. The lowest BCUT2D eigenvalue weighted by Gasteiger charge is -2.20. The minimum atomic E-state index is 0.742. The molecule has 1 aromatic carbocycles. The van der Waals surface area contributed by atoms with Gasteiger partial charge in [-0.05, 0) is 23.8 Å². The van der Waals surface area contributed by atoms with Gasteiger partial charge in [0.2, 0.25) is 0 Å². The highest BCUT2D eigenvalue weighted by Crippen LogP contribution is 2.28. The Hall–Kier alpha value is -0.780. The summed E-state index contributed by atoms with van der Waals surface area (Å²) in [7, 11) is 0. The first-order valence-electron chi connectivity index (χ1n) is 6.30. The van der Waals surface area contributed by atoms with Gasteiger partial charge in [-0.1, -0.05) is 71.4 Å². The standard InChI is InChI=1S/C13H20.C2H6/c1-4-8-13(11(2)3)12-9-6-5-7-10-12;1-2/h5-7,9-11,13H,4,8H2,1-3H3;1-2H3. The predicted octanol–water partition coefficient (Wildman–Crippen LogP) is 5.25. The van der Waals surface area contributed by atoms with Crippen LogP contribution in [0, 0.1) is 5.92 Å². The smallest absolute Gasteiger partial charge is 0.0139 e. The maximum absolute atomic E-state index is 2.31. The first-order valence-corrected chi connectivity index (χ1v) is 6.30. The molecule has 0 aromatic heterocycles. The summed E-state index contributed by atoms with van der Waals surface area (Å²) in [5.74, 6) is 1.49. The first kappa shape index (κ1) is 14.2. The van der Waals surface area contributed by atoms with Crippen LogP contribution < -0.4 is 0 Å². The lowest BCUT2D eigenvalue weighted by Crippen LogP contribution is -2.05. The van der Waals surface area contributed by atoms with Crippen molar-refractivity contribution in [2.45, 2.75) is 53.4 Å². The van der Waals surface area contributed by atoms with Crippen LogP contribution in [0.2, 0.25) is 0 Å². The Morgan fingerprint density at radius 1 is 1.00 bits per heavy atom. The summed E-state index contributed by atoms with van der Waals surface area (Å²) in [6.45, 7) is 10.9. The monoisotopic (exact) mass is 206 g/mol. The van der Waals surface area contributed by atoms with E-state index >= 15 is 0 Å². The molecule has 0 aliphatic heterocycles. The van der Waals surface area contributed by atoms with Gasteiger partial charge in [0.25, 0.3) is 0 Å². The number of hydrogen-bond acceptors (Lipinski definition) is 0. The second-order valence-electron chi connectivity index (χ2n) is 4.05. The molecule has 0 heteroatoms. The molecule has 0 aliphatic carbocycles. The quantitative estimate of drug-likeness (QED) is 0.631. The van der Waals surface area contributed by atoms with E-state index in [1.54, 1.807) is 0 Å². The molecule has 0 aliphatic rings. The third kappa shape index (κ3) is 5.01. The summed E-state index contributed by atoms with van der Waals surface area (Å²) in [5, 5.41) is 0. The number of rotatable bonds is 4. The largest absolute Gasteiger partial charge is 0.0683 e. The fourth-order valence-electron chi connectivity index (χ4n) is 1.90. The van der Waals surface area contributed by atoms with Crippen molar-refractivity contribution in [1.29, 1.82) is 0 Å². The highest BCUT2D eigenvalue weighted by molar-refractivity contribution is 5.19. The van der Waals surface area contributed by atoms with E-state index < -0.39 is 0 Å². The molecule has 0 N–H and O–H groups in total. The maximum atomic E-state index is 2.31. The average molecular weight is 206 g/mol. The minimum Gasteiger partial charge on any atom is -0.0683 e. The molecule has 0 bridgehead atoms. The molecule has 0 heterocycles. The van der Waals surface area contributed by atoms with Crippen molar-refractivity contribution in [1.82, 2.24) is 0 Å². The summed E-state index contributed by atoms with van der Waals surface area (Å²) < 4.78 is 0. The van der Waals surface area contributed by atoms with Crippen molar-refractivity contribution >= 4 is 0 Å². The van der Waals surface area contributed by atoms with Crippen molar-refractivity contribution < 1.29 is 0 Å². The second-order valence-corrected chi connectivity index (χ2v) is 4.05. The molecular weight excluding hydrogens is 180 g/mol. The van der Waals surface area contributed by atoms with Crippen molar-refractivity contribution in [3.8, 4) is 0 Å². The highest BCUT2D eigenvalue weighted by atomic mass is 14.2. The zero-order chi connectivity index (χ0) is 11.7. The summed E-state index contributed by atoms with van der Waals surface area (Å²) in [5.41, 5.74) is 1.50. The topological polar surface area (TPSA) is 0 Å². The molecule has 86 valence electrons. The van der Waals surface area contributed by atoms with E-state index in [1.165, 1.54) is 18.4 Å². The molecule has 0 amide bonds. The summed E-state index contributed by atoms with van der Waals surface area (Å²) in [6.07, 6.45) is 2.58. The lowest BCUT2D eigenvalue weighted by molar-refractivity contribution is 0.463. The zero-order valence-corrected chi connectivity index (χ0v) is 11.0. The number of benzene rings is 1. The first-order chi connectivity index (χ1) is 7.25. The minimum absolute atomic E-state index is 0.742. The van der Waals surface area contributed by atoms with Crippen LogP contribution in [-0.2, 0) is 0 Å². The van der Waals surface area contributed by atoms with Gasteiger partial charge in [-0.15, -0.1) is 0 Å². The van der Waals surface area contributed by atoms with Gasteiger partial charge in [-0.25, -0.2) is 0 Å². The van der Waals surface area contributed by atoms with Crippen molar-refractivity contribution in [3.05, 3.63) is 35.9 Å². The molecule has 0 radical (unpaired) electrons. The van der Waals surface area contributed by atoms with E-state index in [0.717, 1.165) is 11.8 Å². The third-order valence-corrected chi connectivity index (χ3v) is 2.63. The van der Waals surface area contributed by atoms with Crippen LogP contribution in [0.4, 0.5) is 0 Å². The Balaban J connectivity index is 0.000000921. The fraction of sp³-hybridized carbons (Fsp3) is 0.600. The van der Waals surface area contributed by atoms with Gasteiger partial charge >= 0.3 is 0 Å². The van der Waals surface area contributed by atoms with Gasteiger partial charge in [0.1, 0.15) is 0 Å². The molecule has 0 saturated heterocycles. The van der Waals surface area contributed by atoms with Crippen molar-refractivity contribution in [2.75, 3.05) is 0 Å². The molecule has 1 rings (SSSR count). The zero-order valence-electron chi connectivity index (χ0n) is 11.0. The molecule has 0 saturated carbocycles. The van der Waals surface area contributed by atoms with Gasteiger partial charge in [0, 0.05) is 0 Å². The van der Waals surface area contributed by atoms with E-state index in [9.17, 15) is 0 Å². The van der Waals surface area contributed by atoms with Gasteiger partial charge in [0.15, 0.2) is 0 Å². The van der Waals surface area contributed by atoms with Gasteiger partial charge in [-0.2, -0.15) is 0 Å². The Labute approximate surface area is 95.7 Å². The van der Waals surface area contributed by atoms with E-state index in [4.69, 9.17) is 0 Å². The average Bonchev–Trinajstić information content (AvgIpc) is 2.29. The van der Waals surface area contributed by atoms with Crippen LogP contribution in [0.1, 0.15) is 58.9 Å². The highest BCUT2D eigenvalue weighted by Gasteiger charge is 2.13. The number of hydrogen-bond donors (Lipinski definition) is 0. The lowest BCUT2D eigenvalue weighted by atomic mass is 9.85. The Morgan fingerprint density at radius 3 is 1.93 bits per heavy atom. The van der Waals surface area contributed by atoms with Gasteiger partial charge in [0.05, 0.1) is 0 Å². The summed E-state index contributed by atoms with van der Waals surface area (Å²) in [4.78, 5) is 0. The van der Waals surface area contributed by atoms with E-state index in [1.807, 2.05) is 13.8 Å². The van der Waals surface area contributed by atoms with E-state index in [-0.39, 0.29) is 0 Å². The molecule has 1 aromatic rings. The Morgan fingerprint density at radius 2 is 1.53 bits per heavy atom. The molecular formula is C15H26.